The monoisotopic (exact) mass is 351 g/mol. The summed E-state index contributed by atoms with van der Waals surface area (Å²) in [6.45, 7) is 3.80. The van der Waals surface area contributed by atoms with Gasteiger partial charge in [-0.15, -0.1) is 0 Å². The zero-order valence-corrected chi connectivity index (χ0v) is 15.4. The third kappa shape index (κ3) is 3.64. The topological polar surface area (TPSA) is 55.4 Å². The molecule has 0 heterocycles. The summed E-state index contributed by atoms with van der Waals surface area (Å²) >= 11 is 0. The molecule has 136 valence electrons. The van der Waals surface area contributed by atoms with Gasteiger partial charge in [0.2, 0.25) is 5.91 Å². The Morgan fingerprint density at radius 3 is 1.73 bits per heavy atom. The van der Waals surface area contributed by atoms with Crippen LogP contribution in [0.3, 0.4) is 0 Å². The molecule has 0 saturated heterocycles. The lowest BCUT2D eigenvalue weighted by molar-refractivity contribution is -0.146. The summed E-state index contributed by atoms with van der Waals surface area (Å²) < 4.78 is 4.84. The molecule has 2 aromatic carbocycles. The zero-order valence-electron chi connectivity index (χ0n) is 15.4. The molecular formula is C22H25NO3. The molecule has 26 heavy (non-hydrogen) atoms. The quantitative estimate of drug-likeness (QED) is 0.811. The summed E-state index contributed by atoms with van der Waals surface area (Å²) in [6, 6.07) is 19.6. The third-order valence-corrected chi connectivity index (χ3v) is 5.11. The number of carbonyl (C=O) groups is 2. The number of carbonyl (C=O) groups excluding carboxylic acids is 2. The van der Waals surface area contributed by atoms with Crippen LogP contribution < -0.4 is 5.32 Å². The van der Waals surface area contributed by atoms with Crippen LogP contribution in [-0.4, -0.2) is 25.0 Å². The number of benzene rings is 2. The maximum Gasteiger partial charge on any atom is 0.328 e. The predicted molar refractivity (Wildman–Crippen MR) is 101 cm³/mol. The van der Waals surface area contributed by atoms with Gasteiger partial charge < -0.3 is 10.1 Å². The molecule has 0 radical (unpaired) electrons. The molecular weight excluding hydrogens is 326 g/mol. The molecule has 4 nitrogen and oxygen atoms in total. The van der Waals surface area contributed by atoms with Gasteiger partial charge in [0, 0.05) is 11.8 Å². The van der Waals surface area contributed by atoms with Crippen molar-refractivity contribution in [3.05, 3.63) is 71.8 Å². The predicted octanol–water partition coefficient (Wildman–Crippen LogP) is 3.50. The summed E-state index contributed by atoms with van der Waals surface area (Å²) in [5.74, 6) is -0.437. The number of methoxy groups -OCH3 is 1. The molecule has 3 unspecified atom stereocenters. The molecule has 3 rings (SSSR count). The van der Waals surface area contributed by atoms with Crippen LogP contribution >= 0.6 is 0 Å². The fraction of sp³-hybridized carbons (Fsp3) is 0.364. The van der Waals surface area contributed by atoms with Gasteiger partial charge in [-0.1, -0.05) is 74.5 Å². The molecule has 1 aliphatic rings. The Labute approximate surface area is 154 Å². The van der Waals surface area contributed by atoms with Crippen molar-refractivity contribution < 1.29 is 14.3 Å². The van der Waals surface area contributed by atoms with Crippen molar-refractivity contribution in [3.8, 4) is 0 Å². The first-order valence-electron chi connectivity index (χ1n) is 9.02. The van der Waals surface area contributed by atoms with Gasteiger partial charge in [-0.3, -0.25) is 4.79 Å². The highest BCUT2D eigenvalue weighted by Gasteiger charge is 2.56. The average Bonchev–Trinajstić information content (AvgIpc) is 3.42. The lowest BCUT2D eigenvalue weighted by atomic mass is 10.0. The van der Waals surface area contributed by atoms with Crippen LogP contribution in [0.15, 0.2) is 60.7 Å². The van der Waals surface area contributed by atoms with Crippen LogP contribution in [-0.2, 0) is 14.3 Å². The van der Waals surface area contributed by atoms with Gasteiger partial charge in [0.05, 0.1) is 13.0 Å². The molecule has 0 spiro atoms. The van der Waals surface area contributed by atoms with E-state index in [4.69, 9.17) is 4.74 Å². The highest BCUT2D eigenvalue weighted by Crippen LogP contribution is 2.60. The first kappa shape index (κ1) is 18.2. The smallest absolute Gasteiger partial charge is 0.328 e. The number of esters is 1. The molecule has 2 aromatic rings. The first-order chi connectivity index (χ1) is 12.5. The number of rotatable bonds is 6. The highest BCUT2D eigenvalue weighted by molar-refractivity contribution is 5.89. The Hall–Kier alpha value is -2.62. The molecule has 1 fully saturated rings. The van der Waals surface area contributed by atoms with Gasteiger partial charge >= 0.3 is 5.97 Å². The van der Waals surface area contributed by atoms with Crippen LogP contribution in [0.4, 0.5) is 0 Å². The summed E-state index contributed by atoms with van der Waals surface area (Å²) in [7, 11) is 1.35. The fourth-order valence-electron chi connectivity index (χ4n) is 3.69. The number of amides is 1. The van der Waals surface area contributed by atoms with Crippen LogP contribution in [0.1, 0.15) is 36.8 Å². The second-order valence-corrected chi connectivity index (χ2v) is 7.15. The normalized spacial score (nSPS) is 22.5. The van der Waals surface area contributed by atoms with E-state index >= 15 is 0 Å². The Balaban J connectivity index is 1.84. The number of hydrogen-bond donors (Lipinski definition) is 1. The molecule has 4 heteroatoms. The minimum absolute atomic E-state index is 0.0319. The Bertz CT molecular complexity index is 712. The van der Waals surface area contributed by atoms with Gasteiger partial charge in [-0.25, -0.2) is 4.79 Å². The van der Waals surface area contributed by atoms with E-state index in [0.29, 0.717) is 0 Å². The molecule has 0 aromatic heterocycles. The molecule has 0 aliphatic heterocycles. The summed E-state index contributed by atoms with van der Waals surface area (Å²) in [5.41, 5.74) is 2.31. The van der Waals surface area contributed by atoms with Crippen LogP contribution in [0.5, 0.6) is 0 Å². The van der Waals surface area contributed by atoms with E-state index in [1.54, 1.807) is 0 Å². The van der Waals surface area contributed by atoms with E-state index in [2.05, 4.69) is 29.6 Å². The maximum absolute atomic E-state index is 13.0. The van der Waals surface area contributed by atoms with Crippen molar-refractivity contribution in [3.63, 3.8) is 0 Å². The average molecular weight is 351 g/mol. The lowest BCUT2D eigenvalue weighted by Gasteiger charge is -2.20. The van der Waals surface area contributed by atoms with Gasteiger partial charge in [-0.05, 0) is 17.0 Å². The number of ether oxygens (including phenoxy) is 1. The van der Waals surface area contributed by atoms with E-state index in [1.807, 2.05) is 50.2 Å². The highest BCUT2D eigenvalue weighted by atomic mass is 16.5. The van der Waals surface area contributed by atoms with Crippen molar-refractivity contribution in [1.82, 2.24) is 5.32 Å². The SMILES string of the molecule is COC(=O)C(NC(=O)C1C(c2ccccc2)C1c1ccccc1)C(C)C. The van der Waals surface area contributed by atoms with Gasteiger partial charge in [-0.2, -0.15) is 0 Å². The zero-order chi connectivity index (χ0) is 18.7. The van der Waals surface area contributed by atoms with Crippen molar-refractivity contribution in [2.24, 2.45) is 11.8 Å². The number of hydrogen-bond acceptors (Lipinski definition) is 3. The summed E-state index contributed by atoms with van der Waals surface area (Å²) in [6.07, 6.45) is 0. The summed E-state index contributed by atoms with van der Waals surface area (Å²) in [5, 5.41) is 2.92. The first-order valence-corrected chi connectivity index (χ1v) is 9.02. The van der Waals surface area contributed by atoms with Crippen LogP contribution in [0.2, 0.25) is 0 Å². The third-order valence-electron chi connectivity index (χ3n) is 5.11. The Morgan fingerprint density at radius 2 is 1.35 bits per heavy atom. The molecule has 0 bridgehead atoms. The van der Waals surface area contributed by atoms with E-state index in [1.165, 1.54) is 7.11 Å². The maximum atomic E-state index is 13.0. The van der Waals surface area contributed by atoms with Crippen molar-refractivity contribution in [2.45, 2.75) is 31.7 Å². The molecule has 1 amide bonds. The second-order valence-electron chi connectivity index (χ2n) is 7.15. The lowest BCUT2D eigenvalue weighted by Crippen LogP contribution is -2.45. The van der Waals surface area contributed by atoms with Crippen molar-refractivity contribution in [1.29, 1.82) is 0 Å². The van der Waals surface area contributed by atoms with Crippen LogP contribution in [0, 0.1) is 11.8 Å². The molecule has 1 N–H and O–H groups in total. The van der Waals surface area contributed by atoms with Gasteiger partial charge in [0.1, 0.15) is 6.04 Å². The molecule has 3 atom stereocenters. The van der Waals surface area contributed by atoms with Crippen LogP contribution in [0.25, 0.3) is 0 Å². The minimum atomic E-state index is -0.624. The standard InChI is InChI=1S/C22H25NO3/c1-14(2)20(22(25)26-3)23-21(24)19-17(15-10-6-4-7-11-15)18(19)16-12-8-5-9-13-16/h4-14,17-20H,1-3H3,(H,23,24). The second kappa shape index (κ2) is 7.73. The largest absolute Gasteiger partial charge is 0.467 e. The number of nitrogens with one attached hydrogen (secondary N) is 1. The van der Waals surface area contributed by atoms with Crippen molar-refractivity contribution >= 4 is 11.9 Å². The van der Waals surface area contributed by atoms with Crippen molar-refractivity contribution in [2.75, 3.05) is 7.11 Å². The minimum Gasteiger partial charge on any atom is -0.467 e. The van der Waals surface area contributed by atoms with Gasteiger partial charge in [0.15, 0.2) is 0 Å². The van der Waals surface area contributed by atoms with E-state index in [9.17, 15) is 9.59 Å². The molecule has 1 aliphatic carbocycles. The molecule has 1 saturated carbocycles. The Morgan fingerprint density at radius 1 is 0.885 bits per heavy atom. The van der Waals surface area contributed by atoms with E-state index in [0.717, 1.165) is 11.1 Å². The van der Waals surface area contributed by atoms with E-state index < -0.39 is 12.0 Å². The fourth-order valence-corrected chi connectivity index (χ4v) is 3.69. The van der Waals surface area contributed by atoms with E-state index in [-0.39, 0.29) is 29.6 Å². The summed E-state index contributed by atoms with van der Waals surface area (Å²) in [4.78, 5) is 25.0. The van der Waals surface area contributed by atoms with Gasteiger partial charge in [0.25, 0.3) is 0 Å². The Kier molecular flexibility index (Phi) is 5.40.